The Hall–Kier alpha value is -0.800. The van der Waals surface area contributed by atoms with E-state index in [1.165, 1.54) is 0 Å². The Morgan fingerprint density at radius 1 is 1.43 bits per heavy atom. The summed E-state index contributed by atoms with van der Waals surface area (Å²) < 4.78 is 0.880. The Kier molecular flexibility index (Phi) is 2.61. The summed E-state index contributed by atoms with van der Waals surface area (Å²) in [6.07, 6.45) is 1.80. The maximum absolute atomic E-state index is 5.90. The van der Waals surface area contributed by atoms with E-state index in [-0.39, 0.29) is 0 Å². The fraction of sp³-hybridized carbons (Fsp3) is 0.100. The molecule has 1 N–H and O–H groups in total. The Bertz CT molecular complexity index is 465. The van der Waals surface area contributed by atoms with Crippen LogP contribution in [0.15, 0.2) is 28.9 Å². The number of aromatic amines is 1. The zero-order valence-electron chi connectivity index (χ0n) is 7.51. The molecule has 1 aromatic heterocycles. The van der Waals surface area contributed by atoms with Gasteiger partial charge in [0, 0.05) is 21.9 Å². The van der Waals surface area contributed by atoms with Gasteiger partial charge in [-0.3, -0.25) is 0 Å². The fourth-order valence-electron chi connectivity index (χ4n) is 1.20. The second kappa shape index (κ2) is 3.75. The zero-order chi connectivity index (χ0) is 10.1. The predicted octanol–water partition coefficient (Wildman–Crippen LogP) is 3.80. The molecule has 0 aliphatic carbocycles. The predicted molar refractivity (Wildman–Crippen MR) is 61.5 cm³/mol. The molecule has 2 rings (SSSR count). The number of nitrogens with one attached hydrogen (secondary N) is 1. The molecular weight excluding hydrogens is 263 g/mol. The van der Waals surface area contributed by atoms with Crippen molar-refractivity contribution in [2.75, 3.05) is 0 Å². The van der Waals surface area contributed by atoms with E-state index >= 15 is 0 Å². The van der Waals surface area contributed by atoms with Gasteiger partial charge in [-0.1, -0.05) is 11.6 Å². The number of H-pyrrole nitrogens is 1. The van der Waals surface area contributed by atoms with Crippen LogP contribution >= 0.6 is 27.5 Å². The smallest absolute Gasteiger partial charge is 0.137 e. The summed E-state index contributed by atoms with van der Waals surface area (Å²) in [5.41, 5.74) is 2.07. The standard InChI is InChI=1S/C10H8BrClN2/c1-6-5-13-10(14-6)7-2-3-9(12)8(11)4-7/h2-5H,1H3,(H,13,14). The Morgan fingerprint density at radius 3 is 2.79 bits per heavy atom. The lowest BCUT2D eigenvalue weighted by Gasteiger charge is -1.99. The van der Waals surface area contributed by atoms with Crippen molar-refractivity contribution in [2.45, 2.75) is 6.92 Å². The molecule has 0 aliphatic heterocycles. The second-order valence-electron chi connectivity index (χ2n) is 3.04. The van der Waals surface area contributed by atoms with E-state index in [1.807, 2.05) is 25.1 Å². The molecule has 14 heavy (non-hydrogen) atoms. The van der Waals surface area contributed by atoms with Crippen LogP contribution in [-0.2, 0) is 0 Å². The average Bonchev–Trinajstić information content (AvgIpc) is 2.57. The van der Waals surface area contributed by atoms with Crippen LogP contribution in [0.1, 0.15) is 5.69 Å². The third-order valence-corrected chi connectivity index (χ3v) is 3.11. The molecule has 0 unspecified atom stereocenters. The van der Waals surface area contributed by atoms with Crippen LogP contribution in [0.2, 0.25) is 5.02 Å². The van der Waals surface area contributed by atoms with Crippen molar-refractivity contribution < 1.29 is 0 Å². The molecule has 0 atom stereocenters. The summed E-state index contributed by atoms with van der Waals surface area (Å²) in [4.78, 5) is 7.40. The van der Waals surface area contributed by atoms with Gasteiger partial charge in [-0.15, -0.1) is 0 Å². The van der Waals surface area contributed by atoms with Crippen molar-refractivity contribution in [3.63, 3.8) is 0 Å². The minimum atomic E-state index is 0.706. The number of hydrogen-bond acceptors (Lipinski definition) is 1. The van der Waals surface area contributed by atoms with Crippen molar-refractivity contribution in [1.29, 1.82) is 0 Å². The highest BCUT2D eigenvalue weighted by atomic mass is 79.9. The van der Waals surface area contributed by atoms with E-state index in [2.05, 4.69) is 25.9 Å². The number of halogens is 2. The minimum absolute atomic E-state index is 0.706. The molecule has 0 saturated heterocycles. The molecule has 2 nitrogen and oxygen atoms in total. The number of aromatic nitrogens is 2. The van der Waals surface area contributed by atoms with E-state index in [0.717, 1.165) is 21.6 Å². The van der Waals surface area contributed by atoms with Crippen molar-refractivity contribution in [3.8, 4) is 11.4 Å². The van der Waals surface area contributed by atoms with Crippen LogP contribution in [0, 0.1) is 6.92 Å². The van der Waals surface area contributed by atoms with Gasteiger partial charge < -0.3 is 4.98 Å². The van der Waals surface area contributed by atoms with E-state index in [0.29, 0.717) is 5.02 Å². The zero-order valence-corrected chi connectivity index (χ0v) is 9.85. The maximum Gasteiger partial charge on any atom is 0.137 e. The molecule has 72 valence electrons. The molecule has 0 radical (unpaired) electrons. The summed E-state index contributed by atoms with van der Waals surface area (Å²) in [7, 11) is 0. The molecule has 1 aromatic carbocycles. The summed E-state index contributed by atoms with van der Waals surface area (Å²) >= 11 is 9.27. The summed E-state index contributed by atoms with van der Waals surface area (Å²) in [6.45, 7) is 1.97. The summed E-state index contributed by atoms with van der Waals surface area (Å²) in [5.74, 6) is 0.861. The van der Waals surface area contributed by atoms with Gasteiger partial charge in [0.1, 0.15) is 5.82 Å². The lowest BCUT2D eigenvalue weighted by molar-refractivity contribution is 1.25. The number of imidazole rings is 1. The first-order valence-electron chi connectivity index (χ1n) is 4.14. The second-order valence-corrected chi connectivity index (χ2v) is 4.31. The highest BCUT2D eigenvalue weighted by molar-refractivity contribution is 9.10. The Labute approximate surface area is 95.5 Å². The number of nitrogens with zero attached hydrogens (tertiary/aromatic N) is 1. The van der Waals surface area contributed by atoms with Crippen LogP contribution in [0.4, 0.5) is 0 Å². The number of aryl methyl sites for hydroxylation is 1. The van der Waals surface area contributed by atoms with Gasteiger partial charge in [-0.05, 0) is 41.1 Å². The van der Waals surface area contributed by atoms with Gasteiger partial charge in [0.15, 0.2) is 0 Å². The summed E-state index contributed by atoms with van der Waals surface area (Å²) in [6, 6.07) is 5.73. The van der Waals surface area contributed by atoms with Crippen molar-refractivity contribution >= 4 is 27.5 Å². The van der Waals surface area contributed by atoms with Crippen LogP contribution in [-0.4, -0.2) is 9.97 Å². The molecule has 0 amide bonds. The van der Waals surface area contributed by atoms with Crippen LogP contribution in [0.5, 0.6) is 0 Å². The molecule has 0 aliphatic rings. The third kappa shape index (κ3) is 1.83. The monoisotopic (exact) mass is 270 g/mol. The number of benzene rings is 1. The van der Waals surface area contributed by atoms with Gasteiger partial charge in [0.05, 0.1) is 5.02 Å². The normalized spacial score (nSPS) is 10.5. The van der Waals surface area contributed by atoms with E-state index in [1.54, 1.807) is 6.20 Å². The Balaban J connectivity index is 2.47. The van der Waals surface area contributed by atoms with E-state index < -0.39 is 0 Å². The molecule has 2 aromatic rings. The first-order chi connectivity index (χ1) is 6.66. The van der Waals surface area contributed by atoms with Gasteiger partial charge in [-0.25, -0.2) is 4.98 Å². The van der Waals surface area contributed by atoms with Gasteiger partial charge in [-0.2, -0.15) is 0 Å². The molecule has 0 fully saturated rings. The summed E-state index contributed by atoms with van der Waals surface area (Å²) in [5, 5.41) is 0.706. The lowest BCUT2D eigenvalue weighted by atomic mass is 10.2. The van der Waals surface area contributed by atoms with Crippen LogP contribution < -0.4 is 0 Å². The molecule has 0 spiro atoms. The molecular formula is C10H8BrClN2. The minimum Gasteiger partial charge on any atom is -0.342 e. The van der Waals surface area contributed by atoms with Gasteiger partial charge in [0.2, 0.25) is 0 Å². The first kappa shape index (κ1) is 9.74. The number of hydrogen-bond donors (Lipinski definition) is 1. The average molecular weight is 272 g/mol. The molecule has 1 heterocycles. The van der Waals surface area contributed by atoms with Crippen LogP contribution in [0.3, 0.4) is 0 Å². The number of rotatable bonds is 1. The van der Waals surface area contributed by atoms with Gasteiger partial charge in [0.25, 0.3) is 0 Å². The third-order valence-electron chi connectivity index (χ3n) is 1.90. The molecule has 0 bridgehead atoms. The highest BCUT2D eigenvalue weighted by Gasteiger charge is 2.03. The first-order valence-corrected chi connectivity index (χ1v) is 5.31. The molecule has 0 saturated carbocycles. The fourth-order valence-corrected chi connectivity index (χ4v) is 1.70. The largest absolute Gasteiger partial charge is 0.342 e. The van der Waals surface area contributed by atoms with E-state index in [9.17, 15) is 0 Å². The SMILES string of the molecule is Cc1cnc(-c2ccc(Cl)c(Br)c2)[nH]1. The van der Waals surface area contributed by atoms with Crippen molar-refractivity contribution in [1.82, 2.24) is 9.97 Å². The Morgan fingerprint density at radius 2 is 2.21 bits per heavy atom. The highest BCUT2D eigenvalue weighted by Crippen LogP contribution is 2.27. The molecule has 4 heteroatoms. The van der Waals surface area contributed by atoms with Crippen molar-refractivity contribution in [3.05, 3.63) is 39.6 Å². The topological polar surface area (TPSA) is 28.7 Å². The van der Waals surface area contributed by atoms with Gasteiger partial charge >= 0.3 is 0 Å². The van der Waals surface area contributed by atoms with Crippen LogP contribution in [0.25, 0.3) is 11.4 Å². The lowest BCUT2D eigenvalue weighted by Crippen LogP contribution is -1.81. The van der Waals surface area contributed by atoms with E-state index in [4.69, 9.17) is 11.6 Å². The van der Waals surface area contributed by atoms with Crippen molar-refractivity contribution in [2.24, 2.45) is 0 Å². The maximum atomic E-state index is 5.90. The quantitative estimate of drug-likeness (QED) is 0.839.